The second-order valence-electron chi connectivity index (χ2n) is 9.92. The van der Waals surface area contributed by atoms with Crippen LogP contribution in [0.2, 0.25) is 0 Å². The zero-order valence-electron chi connectivity index (χ0n) is 23.3. The van der Waals surface area contributed by atoms with Crippen molar-refractivity contribution in [2.24, 2.45) is 10.1 Å². The van der Waals surface area contributed by atoms with E-state index >= 15 is 0 Å². The lowest BCUT2D eigenvalue weighted by molar-refractivity contribution is 0.0506. The standard InChI is InChI=1S/C27H37N5O8S/c1-27(2,3)40-26(35)30-22(19-41(28,36)37)15-10-16-29-23(31-24(33)38-17-20-11-6-4-7-12-20)32-25(34)39-18-21-13-8-5-9-14-21/h4-9,11-14,22H,10,15-19H2,1-3H3,(H,30,35)(H2,28,36,37)(H2,29,31,32,33,34). The van der Waals surface area contributed by atoms with Crippen LogP contribution in [0.1, 0.15) is 44.7 Å². The van der Waals surface area contributed by atoms with Crippen LogP contribution in [0, 0.1) is 0 Å². The third-order valence-corrected chi connectivity index (χ3v) is 5.87. The average Bonchev–Trinajstić information content (AvgIpc) is 2.88. The second kappa shape index (κ2) is 16.2. The molecule has 2 aromatic carbocycles. The van der Waals surface area contributed by atoms with Crippen molar-refractivity contribution in [3.8, 4) is 0 Å². The third-order valence-electron chi connectivity index (χ3n) is 5.00. The van der Waals surface area contributed by atoms with Gasteiger partial charge in [-0.15, -0.1) is 0 Å². The molecule has 0 bridgehead atoms. The number of sulfonamides is 1. The SMILES string of the molecule is CC(C)(C)OC(=O)NC(CCCN=C(NC(=O)OCc1ccccc1)NC(=O)OCc1ccccc1)CS(N)(=O)=O. The molecule has 0 aromatic heterocycles. The molecule has 0 radical (unpaired) electrons. The number of hydrogen-bond donors (Lipinski definition) is 4. The summed E-state index contributed by atoms with van der Waals surface area (Å²) in [4.78, 5) is 41.1. The van der Waals surface area contributed by atoms with Gasteiger partial charge in [-0.3, -0.25) is 15.6 Å². The van der Waals surface area contributed by atoms with Crippen molar-refractivity contribution in [2.45, 2.75) is 58.5 Å². The van der Waals surface area contributed by atoms with Gasteiger partial charge in [0.15, 0.2) is 0 Å². The Bertz CT molecular complexity index is 1210. The number of ether oxygens (including phenoxy) is 3. The number of guanidine groups is 1. The van der Waals surface area contributed by atoms with E-state index in [4.69, 9.17) is 19.3 Å². The Kier molecular flexibility index (Phi) is 13.0. The van der Waals surface area contributed by atoms with Gasteiger partial charge in [0.1, 0.15) is 18.8 Å². The lowest BCUT2D eigenvalue weighted by Gasteiger charge is -2.23. The molecule has 5 N–H and O–H groups in total. The van der Waals surface area contributed by atoms with Crippen LogP contribution in [-0.2, 0) is 37.4 Å². The number of amides is 3. The molecule has 3 amide bonds. The normalized spacial score (nSPS) is 11.9. The molecule has 1 atom stereocenters. The Hall–Kier alpha value is -4.17. The minimum absolute atomic E-state index is 0.00994. The molecule has 0 heterocycles. The maximum atomic E-state index is 12.4. The van der Waals surface area contributed by atoms with Gasteiger partial charge in [-0.2, -0.15) is 0 Å². The highest BCUT2D eigenvalue weighted by Gasteiger charge is 2.22. The van der Waals surface area contributed by atoms with Gasteiger partial charge in [-0.1, -0.05) is 60.7 Å². The fraction of sp³-hybridized carbons (Fsp3) is 0.407. The van der Waals surface area contributed by atoms with Gasteiger partial charge < -0.3 is 19.5 Å². The summed E-state index contributed by atoms with van der Waals surface area (Å²) in [5, 5.41) is 12.4. The molecule has 0 spiro atoms. The van der Waals surface area contributed by atoms with Crippen LogP contribution in [0.5, 0.6) is 0 Å². The number of nitrogens with zero attached hydrogens (tertiary/aromatic N) is 1. The van der Waals surface area contributed by atoms with Crippen LogP contribution in [0.3, 0.4) is 0 Å². The minimum Gasteiger partial charge on any atom is -0.444 e. The fourth-order valence-electron chi connectivity index (χ4n) is 3.30. The first-order valence-electron chi connectivity index (χ1n) is 12.8. The lowest BCUT2D eigenvalue weighted by Crippen LogP contribution is -2.45. The van der Waals surface area contributed by atoms with Gasteiger partial charge in [-0.05, 0) is 44.7 Å². The van der Waals surface area contributed by atoms with E-state index in [0.717, 1.165) is 11.1 Å². The zero-order valence-corrected chi connectivity index (χ0v) is 24.1. The Morgan fingerprint density at radius 3 is 1.78 bits per heavy atom. The van der Waals surface area contributed by atoms with Crippen molar-refractivity contribution in [2.75, 3.05) is 12.3 Å². The molecule has 2 rings (SSSR count). The van der Waals surface area contributed by atoms with Crippen molar-refractivity contribution in [1.82, 2.24) is 16.0 Å². The first-order valence-corrected chi connectivity index (χ1v) is 14.5. The molecule has 1 unspecified atom stereocenters. The number of carbonyl (C=O) groups is 3. The summed E-state index contributed by atoms with van der Waals surface area (Å²) in [6, 6.07) is 17.1. The van der Waals surface area contributed by atoms with Gasteiger partial charge in [0.2, 0.25) is 16.0 Å². The molecule has 41 heavy (non-hydrogen) atoms. The van der Waals surface area contributed by atoms with Crippen LogP contribution in [0.4, 0.5) is 14.4 Å². The van der Waals surface area contributed by atoms with E-state index in [9.17, 15) is 22.8 Å². The molecule has 0 aliphatic rings. The van der Waals surface area contributed by atoms with E-state index in [2.05, 4.69) is 20.9 Å². The summed E-state index contributed by atoms with van der Waals surface area (Å²) >= 11 is 0. The van der Waals surface area contributed by atoms with Crippen LogP contribution >= 0.6 is 0 Å². The number of nitrogens with one attached hydrogen (secondary N) is 3. The lowest BCUT2D eigenvalue weighted by atomic mass is 10.2. The predicted octanol–water partition coefficient (Wildman–Crippen LogP) is 3.16. The van der Waals surface area contributed by atoms with Gasteiger partial charge in [-0.25, -0.2) is 27.9 Å². The Balaban J connectivity index is 2.00. The number of primary sulfonamides is 1. The predicted molar refractivity (Wildman–Crippen MR) is 152 cm³/mol. The molecule has 2 aromatic rings. The highest BCUT2D eigenvalue weighted by molar-refractivity contribution is 7.89. The number of aliphatic imine (C=N–C) groups is 1. The number of hydrogen-bond acceptors (Lipinski definition) is 9. The summed E-state index contributed by atoms with van der Waals surface area (Å²) < 4.78 is 38.9. The molecule has 0 saturated carbocycles. The Labute approximate surface area is 239 Å². The second-order valence-corrected chi connectivity index (χ2v) is 11.6. The van der Waals surface area contributed by atoms with Crippen molar-refractivity contribution in [3.63, 3.8) is 0 Å². The topological polar surface area (TPSA) is 188 Å². The van der Waals surface area contributed by atoms with E-state index < -0.39 is 45.7 Å². The number of nitrogens with two attached hydrogens (primary N) is 1. The van der Waals surface area contributed by atoms with Crippen molar-refractivity contribution < 1.29 is 37.0 Å². The van der Waals surface area contributed by atoms with Crippen LogP contribution in [-0.4, -0.2) is 56.6 Å². The third kappa shape index (κ3) is 15.9. The summed E-state index contributed by atoms with van der Waals surface area (Å²) in [5.74, 6) is -0.749. The van der Waals surface area contributed by atoms with Crippen molar-refractivity contribution in [1.29, 1.82) is 0 Å². The van der Waals surface area contributed by atoms with Crippen molar-refractivity contribution >= 4 is 34.3 Å². The van der Waals surface area contributed by atoms with Gasteiger partial charge in [0, 0.05) is 12.6 Å². The van der Waals surface area contributed by atoms with Gasteiger partial charge in [0.25, 0.3) is 0 Å². The minimum atomic E-state index is -3.91. The van der Waals surface area contributed by atoms with E-state index in [-0.39, 0.29) is 38.6 Å². The van der Waals surface area contributed by atoms with Crippen LogP contribution in [0.25, 0.3) is 0 Å². The van der Waals surface area contributed by atoms with E-state index in [1.165, 1.54) is 0 Å². The molecule has 0 fully saturated rings. The molecule has 14 heteroatoms. The maximum absolute atomic E-state index is 12.4. The zero-order chi connectivity index (χ0) is 30.3. The first kappa shape index (κ1) is 33.0. The average molecular weight is 592 g/mol. The molecule has 0 aliphatic carbocycles. The van der Waals surface area contributed by atoms with E-state index in [1.807, 2.05) is 12.1 Å². The summed E-state index contributed by atoms with van der Waals surface area (Å²) in [5.41, 5.74) is 0.737. The molecule has 224 valence electrons. The highest BCUT2D eigenvalue weighted by Crippen LogP contribution is 2.09. The van der Waals surface area contributed by atoms with E-state index in [1.54, 1.807) is 69.3 Å². The van der Waals surface area contributed by atoms with E-state index in [0.29, 0.717) is 0 Å². The fourth-order valence-corrected chi connectivity index (χ4v) is 4.11. The Morgan fingerprint density at radius 1 is 0.854 bits per heavy atom. The molecule has 0 saturated heterocycles. The molecular formula is C27H37N5O8S. The molecular weight excluding hydrogens is 554 g/mol. The van der Waals surface area contributed by atoms with Crippen molar-refractivity contribution in [3.05, 3.63) is 71.8 Å². The number of benzene rings is 2. The highest BCUT2D eigenvalue weighted by atomic mass is 32.2. The maximum Gasteiger partial charge on any atom is 0.414 e. The van der Waals surface area contributed by atoms with Gasteiger partial charge >= 0.3 is 18.3 Å². The largest absolute Gasteiger partial charge is 0.444 e. The number of carbonyl (C=O) groups excluding carboxylic acids is 3. The molecule has 0 aliphatic heterocycles. The summed E-state index contributed by atoms with van der Waals surface area (Å²) in [7, 11) is -3.91. The Morgan fingerprint density at radius 2 is 1.34 bits per heavy atom. The first-order chi connectivity index (χ1) is 19.3. The smallest absolute Gasteiger partial charge is 0.414 e. The van der Waals surface area contributed by atoms with Crippen LogP contribution in [0.15, 0.2) is 65.7 Å². The summed E-state index contributed by atoms with van der Waals surface area (Å²) in [6.07, 6.45) is -2.12. The quantitative estimate of drug-likeness (QED) is 0.133. The monoisotopic (exact) mass is 591 g/mol. The summed E-state index contributed by atoms with van der Waals surface area (Å²) in [6.45, 7) is 5.03. The molecule has 13 nitrogen and oxygen atoms in total. The van der Waals surface area contributed by atoms with Crippen LogP contribution < -0.4 is 21.1 Å². The number of rotatable bonds is 11. The number of alkyl carbamates (subject to hydrolysis) is 3. The van der Waals surface area contributed by atoms with Gasteiger partial charge in [0.05, 0.1) is 5.75 Å².